The van der Waals surface area contributed by atoms with Crippen LogP contribution in [0.3, 0.4) is 0 Å². The van der Waals surface area contributed by atoms with Gasteiger partial charge >= 0.3 is 0 Å². The van der Waals surface area contributed by atoms with Gasteiger partial charge in [-0.15, -0.1) is 0 Å². The highest BCUT2D eigenvalue weighted by molar-refractivity contribution is 6.30. The lowest BCUT2D eigenvalue weighted by Gasteiger charge is -2.24. The first-order valence-corrected chi connectivity index (χ1v) is 6.97. The zero-order valence-electron chi connectivity index (χ0n) is 10.6. The van der Waals surface area contributed by atoms with Crippen molar-refractivity contribution in [3.05, 3.63) is 70.2 Å². The van der Waals surface area contributed by atoms with Crippen LogP contribution in [0.15, 0.2) is 48.5 Å². The first-order chi connectivity index (χ1) is 9.29. The summed E-state index contributed by atoms with van der Waals surface area (Å²) < 4.78 is 0. The van der Waals surface area contributed by atoms with Crippen LogP contribution in [-0.2, 0) is 6.42 Å². The SMILES string of the molecule is NNC(c1cccc(Cl)c1)C1CCc2ccccc21. The highest BCUT2D eigenvalue weighted by Crippen LogP contribution is 2.41. The van der Waals surface area contributed by atoms with Crippen molar-refractivity contribution < 1.29 is 0 Å². The van der Waals surface area contributed by atoms with E-state index in [-0.39, 0.29) is 6.04 Å². The molecule has 3 N–H and O–H groups in total. The summed E-state index contributed by atoms with van der Waals surface area (Å²) in [5, 5.41) is 0.754. The molecule has 2 aromatic carbocycles. The minimum atomic E-state index is 0.113. The Morgan fingerprint density at radius 1 is 1.16 bits per heavy atom. The van der Waals surface area contributed by atoms with E-state index in [1.165, 1.54) is 11.1 Å². The fraction of sp³-hybridized carbons (Fsp3) is 0.250. The van der Waals surface area contributed by atoms with Crippen molar-refractivity contribution in [3.8, 4) is 0 Å². The fourth-order valence-electron chi connectivity index (χ4n) is 3.08. The minimum Gasteiger partial charge on any atom is -0.271 e. The molecule has 0 radical (unpaired) electrons. The molecule has 0 bridgehead atoms. The van der Waals surface area contributed by atoms with E-state index in [9.17, 15) is 0 Å². The van der Waals surface area contributed by atoms with Crippen LogP contribution in [0.25, 0.3) is 0 Å². The molecular weight excluding hydrogens is 256 g/mol. The van der Waals surface area contributed by atoms with Crippen LogP contribution in [0.5, 0.6) is 0 Å². The van der Waals surface area contributed by atoms with E-state index >= 15 is 0 Å². The van der Waals surface area contributed by atoms with Gasteiger partial charge in [-0.3, -0.25) is 11.3 Å². The standard InChI is InChI=1S/C16H17ClN2/c17-13-6-3-5-12(10-13)16(19-18)15-9-8-11-4-1-2-7-14(11)15/h1-7,10,15-16,19H,8-9,18H2. The zero-order chi connectivity index (χ0) is 13.2. The highest BCUT2D eigenvalue weighted by atomic mass is 35.5. The Hall–Kier alpha value is -1.35. The number of hydrogen-bond acceptors (Lipinski definition) is 2. The molecule has 1 aliphatic carbocycles. The number of rotatable bonds is 3. The second-order valence-electron chi connectivity index (χ2n) is 5.04. The van der Waals surface area contributed by atoms with Crippen LogP contribution in [0.4, 0.5) is 0 Å². The third-order valence-electron chi connectivity index (χ3n) is 3.97. The predicted molar refractivity (Wildman–Crippen MR) is 79.0 cm³/mol. The summed E-state index contributed by atoms with van der Waals surface area (Å²) in [5.74, 6) is 6.22. The third kappa shape index (κ3) is 2.39. The van der Waals surface area contributed by atoms with Gasteiger partial charge in [0.05, 0.1) is 6.04 Å². The Morgan fingerprint density at radius 2 is 2.00 bits per heavy atom. The molecule has 1 aliphatic rings. The van der Waals surface area contributed by atoms with Crippen LogP contribution in [0, 0.1) is 0 Å². The fourth-order valence-corrected chi connectivity index (χ4v) is 3.28. The average Bonchev–Trinajstić information content (AvgIpc) is 2.84. The van der Waals surface area contributed by atoms with Gasteiger partial charge in [0.15, 0.2) is 0 Å². The molecule has 0 aromatic heterocycles. The van der Waals surface area contributed by atoms with Crippen LogP contribution in [0.2, 0.25) is 5.02 Å². The largest absolute Gasteiger partial charge is 0.271 e. The van der Waals surface area contributed by atoms with Crippen molar-refractivity contribution in [2.24, 2.45) is 5.84 Å². The van der Waals surface area contributed by atoms with Crippen molar-refractivity contribution >= 4 is 11.6 Å². The summed E-state index contributed by atoms with van der Waals surface area (Å²) in [6, 6.07) is 16.7. The van der Waals surface area contributed by atoms with Crippen LogP contribution < -0.4 is 11.3 Å². The first-order valence-electron chi connectivity index (χ1n) is 6.59. The first kappa shape index (κ1) is 12.7. The van der Waals surface area contributed by atoms with Gasteiger partial charge in [-0.25, -0.2) is 0 Å². The summed E-state index contributed by atoms with van der Waals surface area (Å²) in [6.45, 7) is 0. The van der Waals surface area contributed by atoms with Crippen molar-refractivity contribution in [1.82, 2.24) is 5.43 Å². The van der Waals surface area contributed by atoms with E-state index in [4.69, 9.17) is 17.4 Å². The van der Waals surface area contributed by atoms with E-state index in [2.05, 4.69) is 35.8 Å². The quantitative estimate of drug-likeness (QED) is 0.662. The van der Waals surface area contributed by atoms with Gasteiger partial charge in [0.2, 0.25) is 0 Å². The molecular formula is C16H17ClN2. The van der Waals surface area contributed by atoms with Gasteiger partial charge in [-0.1, -0.05) is 48.0 Å². The van der Waals surface area contributed by atoms with Crippen molar-refractivity contribution in [1.29, 1.82) is 0 Å². The van der Waals surface area contributed by atoms with Crippen molar-refractivity contribution in [2.75, 3.05) is 0 Å². The Morgan fingerprint density at radius 3 is 2.79 bits per heavy atom. The van der Waals surface area contributed by atoms with Gasteiger partial charge < -0.3 is 0 Å². The summed E-state index contributed by atoms with van der Waals surface area (Å²) in [6.07, 6.45) is 2.25. The number of hydrogen-bond donors (Lipinski definition) is 2. The second kappa shape index (κ2) is 5.33. The Bertz CT molecular complexity index is 582. The number of halogens is 1. The van der Waals surface area contributed by atoms with E-state index in [1.807, 2.05) is 18.2 Å². The number of fused-ring (bicyclic) bond motifs is 1. The van der Waals surface area contributed by atoms with Gasteiger partial charge in [0, 0.05) is 10.9 Å². The van der Waals surface area contributed by atoms with Crippen LogP contribution in [0.1, 0.15) is 35.1 Å². The van der Waals surface area contributed by atoms with E-state index in [0.717, 1.165) is 23.4 Å². The topological polar surface area (TPSA) is 38.0 Å². The summed E-state index contributed by atoms with van der Waals surface area (Å²) in [7, 11) is 0. The van der Waals surface area contributed by atoms with Crippen LogP contribution in [-0.4, -0.2) is 0 Å². The molecule has 3 heteroatoms. The summed E-state index contributed by atoms with van der Waals surface area (Å²) in [5.41, 5.74) is 6.97. The molecule has 0 spiro atoms. The Balaban J connectivity index is 1.96. The van der Waals surface area contributed by atoms with E-state index in [1.54, 1.807) is 0 Å². The Kier molecular flexibility index (Phi) is 3.56. The predicted octanol–water partition coefficient (Wildman–Crippen LogP) is 3.57. The number of nitrogens with one attached hydrogen (secondary N) is 1. The molecule has 19 heavy (non-hydrogen) atoms. The molecule has 0 saturated carbocycles. The lowest BCUT2D eigenvalue weighted by Crippen LogP contribution is -2.32. The number of hydrazine groups is 1. The van der Waals surface area contributed by atoms with Gasteiger partial charge in [-0.2, -0.15) is 0 Å². The average molecular weight is 273 g/mol. The number of aryl methyl sites for hydroxylation is 1. The van der Waals surface area contributed by atoms with Crippen molar-refractivity contribution in [3.63, 3.8) is 0 Å². The lowest BCUT2D eigenvalue weighted by molar-refractivity contribution is 0.453. The molecule has 0 amide bonds. The minimum absolute atomic E-state index is 0.113. The Labute approximate surface area is 118 Å². The molecule has 2 aromatic rings. The molecule has 2 atom stereocenters. The molecule has 0 saturated heterocycles. The maximum Gasteiger partial charge on any atom is 0.0529 e. The molecule has 0 aliphatic heterocycles. The van der Waals surface area contributed by atoms with Gasteiger partial charge in [0.25, 0.3) is 0 Å². The van der Waals surface area contributed by atoms with Gasteiger partial charge in [-0.05, 0) is 41.7 Å². The van der Waals surface area contributed by atoms with Crippen molar-refractivity contribution in [2.45, 2.75) is 24.8 Å². The second-order valence-corrected chi connectivity index (χ2v) is 5.48. The zero-order valence-corrected chi connectivity index (χ0v) is 11.4. The summed E-state index contributed by atoms with van der Waals surface area (Å²) in [4.78, 5) is 0. The maximum absolute atomic E-state index is 6.08. The normalized spacial score (nSPS) is 19.2. The smallest absolute Gasteiger partial charge is 0.0529 e. The van der Waals surface area contributed by atoms with Gasteiger partial charge in [0.1, 0.15) is 0 Å². The van der Waals surface area contributed by atoms with E-state index in [0.29, 0.717) is 5.92 Å². The van der Waals surface area contributed by atoms with Crippen LogP contribution >= 0.6 is 11.6 Å². The molecule has 2 nitrogen and oxygen atoms in total. The number of benzene rings is 2. The highest BCUT2D eigenvalue weighted by Gasteiger charge is 2.29. The van der Waals surface area contributed by atoms with E-state index < -0.39 is 0 Å². The maximum atomic E-state index is 6.08. The molecule has 3 rings (SSSR count). The molecule has 98 valence electrons. The third-order valence-corrected chi connectivity index (χ3v) is 4.20. The summed E-state index contributed by atoms with van der Waals surface area (Å²) >= 11 is 6.08. The monoisotopic (exact) mass is 272 g/mol. The molecule has 0 heterocycles. The number of nitrogens with two attached hydrogens (primary N) is 1. The lowest BCUT2D eigenvalue weighted by atomic mass is 9.89. The molecule has 0 fully saturated rings. The molecule has 2 unspecified atom stereocenters.